The minimum atomic E-state index is -3.72. The molecule has 0 fully saturated rings. The molecule has 1 heterocycles. The Morgan fingerprint density at radius 2 is 2.22 bits per heavy atom. The summed E-state index contributed by atoms with van der Waals surface area (Å²) in [5.74, 6) is 2.59. The summed E-state index contributed by atoms with van der Waals surface area (Å²) < 4.78 is 23.2. The number of thiazole rings is 1. The van der Waals surface area contributed by atoms with E-state index >= 15 is 0 Å². The lowest BCUT2D eigenvalue weighted by molar-refractivity contribution is 0.597. The van der Waals surface area contributed by atoms with Crippen LogP contribution in [0.15, 0.2) is 22.5 Å². The van der Waals surface area contributed by atoms with E-state index in [9.17, 15) is 8.42 Å². The van der Waals surface area contributed by atoms with Crippen molar-refractivity contribution in [2.24, 2.45) is 5.14 Å². The van der Waals surface area contributed by atoms with Gasteiger partial charge in [-0.2, -0.15) is 0 Å². The third kappa shape index (κ3) is 2.88. The van der Waals surface area contributed by atoms with Gasteiger partial charge in [0.25, 0.3) is 10.0 Å². The Kier molecular flexibility index (Phi) is 3.66. The summed E-state index contributed by atoms with van der Waals surface area (Å²) in [6.07, 6.45) is 7.73. The van der Waals surface area contributed by atoms with Crippen molar-refractivity contribution in [3.8, 4) is 12.3 Å². The second kappa shape index (κ2) is 5.06. The molecule has 0 atom stereocenters. The van der Waals surface area contributed by atoms with Crippen LogP contribution in [0.2, 0.25) is 0 Å². The van der Waals surface area contributed by atoms with Gasteiger partial charge in [0.05, 0.1) is 10.2 Å². The second-order valence-corrected chi connectivity index (χ2v) is 6.65. The zero-order valence-electron chi connectivity index (χ0n) is 9.59. The molecular formula is C12H12N2O2S2. The highest BCUT2D eigenvalue weighted by atomic mass is 32.2. The van der Waals surface area contributed by atoms with Crippen molar-refractivity contribution >= 4 is 31.6 Å². The number of unbranched alkanes of at least 4 members (excludes halogenated alkanes) is 1. The lowest BCUT2D eigenvalue weighted by atomic mass is 10.1. The van der Waals surface area contributed by atoms with Crippen LogP contribution >= 0.6 is 11.3 Å². The zero-order chi connectivity index (χ0) is 13.2. The van der Waals surface area contributed by atoms with E-state index in [1.54, 1.807) is 0 Å². The third-order valence-electron chi connectivity index (χ3n) is 2.46. The Morgan fingerprint density at radius 3 is 2.89 bits per heavy atom. The molecule has 1 aromatic heterocycles. The van der Waals surface area contributed by atoms with Gasteiger partial charge in [-0.3, -0.25) is 0 Å². The minimum absolute atomic E-state index is 0.0433. The molecule has 18 heavy (non-hydrogen) atoms. The number of hydrogen-bond acceptors (Lipinski definition) is 4. The first kappa shape index (κ1) is 13.0. The van der Waals surface area contributed by atoms with Crippen molar-refractivity contribution in [2.75, 3.05) is 0 Å². The number of hydrogen-bond donors (Lipinski definition) is 1. The van der Waals surface area contributed by atoms with E-state index < -0.39 is 10.0 Å². The monoisotopic (exact) mass is 280 g/mol. The number of terminal acetylenes is 1. The summed E-state index contributed by atoms with van der Waals surface area (Å²) in [4.78, 5) is 3.99. The summed E-state index contributed by atoms with van der Waals surface area (Å²) in [7, 11) is -3.72. The third-order valence-corrected chi connectivity index (χ3v) is 4.80. The van der Waals surface area contributed by atoms with E-state index in [1.165, 1.54) is 0 Å². The Morgan fingerprint density at radius 1 is 1.44 bits per heavy atom. The molecule has 0 aliphatic rings. The van der Waals surface area contributed by atoms with E-state index in [0.717, 1.165) is 40.9 Å². The molecule has 94 valence electrons. The topological polar surface area (TPSA) is 73.0 Å². The minimum Gasteiger partial charge on any atom is -0.224 e. The molecule has 0 saturated carbocycles. The molecule has 0 spiro atoms. The largest absolute Gasteiger partial charge is 0.265 e. The Balaban J connectivity index is 2.32. The van der Waals surface area contributed by atoms with Crippen molar-refractivity contribution < 1.29 is 8.42 Å². The molecule has 0 unspecified atom stereocenters. The molecule has 0 radical (unpaired) electrons. The predicted octanol–water partition coefficient (Wildman–Crippen LogP) is 1.90. The van der Waals surface area contributed by atoms with Crippen molar-refractivity contribution in [1.82, 2.24) is 4.98 Å². The molecule has 0 aliphatic heterocycles. The van der Waals surface area contributed by atoms with Gasteiger partial charge in [0, 0.05) is 6.42 Å². The van der Waals surface area contributed by atoms with Crippen LogP contribution in [0.1, 0.15) is 18.4 Å². The van der Waals surface area contributed by atoms with E-state index in [1.807, 2.05) is 18.2 Å². The number of aromatic nitrogens is 1. The van der Waals surface area contributed by atoms with Crippen molar-refractivity contribution in [2.45, 2.75) is 23.6 Å². The van der Waals surface area contributed by atoms with Gasteiger partial charge >= 0.3 is 0 Å². The quantitative estimate of drug-likeness (QED) is 0.686. The molecule has 1 aromatic carbocycles. The van der Waals surface area contributed by atoms with Crippen LogP contribution in [0.3, 0.4) is 0 Å². The van der Waals surface area contributed by atoms with Crippen LogP contribution in [0, 0.1) is 12.3 Å². The standard InChI is InChI=1S/C12H12N2O2S2/c1-2-3-4-5-9-6-7-10-11(8-9)17-12(14-10)18(13,15)16/h1,6-8H,3-5H2,(H2,13,15,16). The molecule has 0 bridgehead atoms. The van der Waals surface area contributed by atoms with Gasteiger partial charge in [-0.05, 0) is 30.5 Å². The molecule has 6 heteroatoms. The summed E-state index contributed by atoms with van der Waals surface area (Å²) >= 11 is 1.09. The fraction of sp³-hybridized carbons (Fsp3) is 0.250. The molecule has 0 aliphatic carbocycles. The maximum absolute atomic E-state index is 11.2. The number of fused-ring (bicyclic) bond motifs is 1. The molecule has 4 nitrogen and oxygen atoms in total. The molecule has 2 N–H and O–H groups in total. The van der Waals surface area contributed by atoms with Crippen molar-refractivity contribution in [3.05, 3.63) is 23.8 Å². The number of nitrogens with two attached hydrogens (primary N) is 1. The average molecular weight is 280 g/mol. The second-order valence-electron chi connectivity index (χ2n) is 3.88. The smallest absolute Gasteiger partial charge is 0.224 e. The van der Waals surface area contributed by atoms with Crippen LogP contribution in [0.4, 0.5) is 0 Å². The van der Waals surface area contributed by atoms with Gasteiger partial charge in [-0.25, -0.2) is 18.5 Å². The van der Waals surface area contributed by atoms with Gasteiger partial charge in [-0.15, -0.1) is 23.7 Å². The number of sulfonamides is 1. The Labute approximate surface area is 110 Å². The van der Waals surface area contributed by atoms with Gasteiger partial charge in [0.15, 0.2) is 0 Å². The highest BCUT2D eigenvalue weighted by Gasteiger charge is 2.14. The van der Waals surface area contributed by atoms with Crippen LogP contribution in [0.25, 0.3) is 10.2 Å². The highest BCUT2D eigenvalue weighted by Crippen LogP contribution is 2.26. The van der Waals surface area contributed by atoms with Crippen molar-refractivity contribution in [3.63, 3.8) is 0 Å². The SMILES string of the molecule is C#CCCCc1ccc2nc(S(N)(=O)=O)sc2c1. The lowest BCUT2D eigenvalue weighted by Gasteiger charge is -1.98. The first-order valence-corrected chi connectivity index (χ1v) is 7.73. The molecule has 2 rings (SSSR count). The summed E-state index contributed by atoms with van der Waals surface area (Å²) in [5.41, 5.74) is 1.78. The van der Waals surface area contributed by atoms with E-state index in [2.05, 4.69) is 10.9 Å². The number of nitrogens with zero attached hydrogens (tertiary/aromatic N) is 1. The fourth-order valence-corrected chi connectivity index (χ4v) is 3.34. The van der Waals surface area contributed by atoms with E-state index in [-0.39, 0.29) is 4.34 Å². The number of aryl methyl sites for hydroxylation is 1. The zero-order valence-corrected chi connectivity index (χ0v) is 11.2. The van der Waals surface area contributed by atoms with E-state index in [0.29, 0.717) is 5.52 Å². The first-order valence-electron chi connectivity index (χ1n) is 5.36. The maximum atomic E-state index is 11.2. The summed E-state index contributed by atoms with van der Waals surface area (Å²) in [5, 5.41) is 5.05. The summed E-state index contributed by atoms with van der Waals surface area (Å²) in [6.45, 7) is 0. The number of benzene rings is 1. The van der Waals surface area contributed by atoms with Crippen LogP contribution in [-0.2, 0) is 16.4 Å². The van der Waals surface area contributed by atoms with Crippen LogP contribution in [0.5, 0.6) is 0 Å². The Bertz CT molecular complexity index is 711. The predicted molar refractivity (Wildman–Crippen MR) is 72.8 cm³/mol. The lowest BCUT2D eigenvalue weighted by Crippen LogP contribution is -2.11. The van der Waals surface area contributed by atoms with Crippen LogP contribution < -0.4 is 5.14 Å². The molecular weight excluding hydrogens is 268 g/mol. The normalized spacial score (nSPS) is 11.6. The van der Waals surface area contributed by atoms with Gasteiger partial charge in [0.1, 0.15) is 0 Å². The number of rotatable bonds is 4. The van der Waals surface area contributed by atoms with Gasteiger partial charge < -0.3 is 0 Å². The average Bonchev–Trinajstić information content (AvgIpc) is 2.72. The highest BCUT2D eigenvalue weighted by molar-refractivity contribution is 7.91. The molecule has 0 amide bonds. The fourth-order valence-electron chi connectivity index (χ4n) is 1.62. The Hall–Kier alpha value is -1.42. The summed E-state index contributed by atoms with van der Waals surface area (Å²) in [6, 6.07) is 5.69. The van der Waals surface area contributed by atoms with E-state index in [4.69, 9.17) is 11.6 Å². The molecule has 2 aromatic rings. The maximum Gasteiger partial charge on any atom is 0.265 e. The van der Waals surface area contributed by atoms with Gasteiger partial charge in [-0.1, -0.05) is 6.07 Å². The van der Waals surface area contributed by atoms with Gasteiger partial charge in [0.2, 0.25) is 4.34 Å². The molecule has 0 saturated heterocycles. The first-order chi connectivity index (χ1) is 8.50. The number of primary sulfonamides is 1. The van der Waals surface area contributed by atoms with Crippen molar-refractivity contribution in [1.29, 1.82) is 0 Å². The van der Waals surface area contributed by atoms with Crippen LogP contribution in [-0.4, -0.2) is 13.4 Å².